The molecule has 0 saturated carbocycles. The third-order valence-corrected chi connectivity index (χ3v) is 3.37. The van der Waals surface area contributed by atoms with Gasteiger partial charge in [0, 0.05) is 24.8 Å². The summed E-state index contributed by atoms with van der Waals surface area (Å²) in [6.07, 6.45) is 0. The summed E-state index contributed by atoms with van der Waals surface area (Å²) in [6.45, 7) is 2.06. The lowest BCUT2D eigenvalue weighted by Gasteiger charge is -2.26. The highest BCUT2D eigenvalue weighted by atomic mass is 19.2. The van der Waals surface area contributed by atoms with E-state index in [-0.39, 0.29) is 11.6 Å². The first-order valence-electron chi connectivity index (χ1n) is 7.06. The highest BCUT2D eigenvalue weighted by Crippen LogP contribution is 2.17. The Hall–Kier alpha value is -2.61. The van der Waals surface area contributed by atoms with Gasteiger partial charge in [0.2, 0.25) is 0 Å². The SMILES string of the molecule is O=C(c1ccc(Nc2ccc(F)c(F)c2)nn1)N1CCOCC1. The molecule has 8 heteroatoms. The van der Waals surface area contributed by atoms with Crippen molar-refractivity contribution in [3.05, 3.63) is 47.7 Å². The van der Waals surface area contributed by atoms with Gasteiger partial charge in [0.1, 0.15) is 0 Å². The smallest absolute Gasteiger partial charge is 0.274 e. The van der Waals surface area contributed by atoms with Crippen molar-refractivity contribution >= 4 is 17.4 Å². The van der Waals surface area contributed by atoms with Gasteiger partial charge >= 0.3 is 0 Å². The van der Waals surface area contributed by atoms with Crippen LogP contribution >= 0.6 is 0 Å². The summed E-state index contributed by atoms with van der Waals surface area (Å²) in [6, 6.07) is 6.51. The molecule has 1 aromatic carbocycles. The number of benzene rings is 1. The number of rotatable bonds is 3. The second kappa shape index (κ2) is 6.66. The van der Waals surface area contributed by atoms with Crippen LogP contribution in [0.2, 0.25) is 0 Å². The number of hydrogen-bond donors (Lipinski definition) is 1. The molecule has 0 atom stereocenters. The van der Waals surface area contributed by atoms with Crippen molar-refractivity contribution < 1.29 is 18.3 Å². The maximum atomic E-state index is 13.1. The van der Waals surface area contributed by atoms with E-state index in [1.165, 1.54) is 12.1 Å². The average Bonchev–Trinajstić information content (AvgIpc) is 2.59. The molecular weight excluding hydrogens is 306 g/mol. The molecule has 1 saturated heterocycles. The van der Waals surface area contributed by atoms with Crippen LogP contribution in [0.1, 0.15) is 10.5 Å². The number of hydrogen-bond acceptors (Lipinski definition) is 5. The first kappa shape index (κ1) is 15.3. The van der Waals surface area contributed by atoms with E-state index in [1.54, 1.807) is 11.0 Å². The number of carbonyl (C=O) groups excluding carboxylic acids is 1. The number of carbonyl (C=O) groups is 1. The highest BCUT2D eigenvalue weighted by molar-refractivity contribution is 5.92. The molecule has 0 unspecified atom stereocenters. The normalized spacial score (nSPS) is 14.6. The Kier molecular flexibility index (Phi) is 4.42. The lowest BCUT2D eigenvalue weighted by molar-refractivity contribution is 0.0298. The van der Waals surface area contributed by atoms with Crippen molar-refractivity contribution in [2.75, 3.05) is 31.6 Å². The van der Waals surface area contributed by atoms with Gasteiger partial charge in [-0.2, -0.15) is 0 Å². The Morgan fingerprint density at radius 3 is 2.52 bits per heavy atom. The predicted octanol–water partition coefficient (Wildman–Crippen LogP) is 1.97. The minimum absolute atomic E-state index is 0.208. The maximum Gasteiger partial charge on any atom is 0.274 e. The zero-order valence-corrected chi connectivity index (χ0v) is 12.1. The molecular formula is C15H14F2N4O2. The second-order valence-corrected chi connectivity index (χ2v) is 4.96. The molecule has 23 heavy (non-hydrogen) atoms. The molecule has 1 fully saturated rings. The molecule has 1 N–H and O–H groups in total. The maximum absolute atomic E-state index is 13.1. The van der Waals surface area contributed by atoms with E-state index in [0.717, 1.165) is 12.1 Å². The van der Waals surface area contributed by atoms with Gasteiger partial charge in [0.25, 0.3) is 5.91 Å². The van der Waals surface area contributed by atoms with Crippen molar-refractivity contribution in [1.29, 1.82) is 0 Å². The summed E-state index contributed by atoms with van der Waals surface area (Å²) < 4.78 is 31.2. The summed E-state index contributed by atoms with van der Waals surface area (Å²) in [7, 11) is 0. The van der Waals surface area contributed by atoms with Gasteiger partial charge < -0.3 is 15.0 Å². The fourth-order valence-electron chi connectivity index (χ4n) is 2.16. The predicted molar refractivity (Wildman–Crippen MR) is 78.4 cm³/mol. The minimum atomic E-state index is -0.956. The van der Waals surface area contributed by atoms with Gasteiger partial charge in [-0.3, -0.25) is 4.79 Å². The summed E-state index contributed by atoms with van der Waals surface area (Å²) >= 11 is 0. The largest absolute Gasteiger partial charge is 0.378 e. The minimum Gasteiger partial charge on any atom is -0.378 e. The summed E-state index contributed by atoms with van der Waals surface area (Å²) in [5.74, 6) is -1.76. The Balaban J connectivity index is 1.68. The van der Waals surface area contributed by atoms with Gasteiger partial charge in [-0.05, 0) is 24.3 Å². The number of nitrogens with zero attached hydrogens (tertiary/aromatic N) is 3. The molecule has 2 aromatic rings. The molecule has 0 spiro atoms. The fourth-order valence-corrected chi connectivity index (χ4v) is 2.16. The lowest BCUT2D eigenvalue weighted by Crippen LogP contribution is -2.41. The number of amides is 1. The van der Waals surface area contributed by atoms with E-state index < -0.39 is 11.6 Å². The van der Waals surface area contributed by atoms with Gasteiger partial charge in [0.05, 0.1) is 13.2 Å². The number of halogens is 2. The topological polar surface area (TPSA) is 67.4 Å². The summed E-state index contributed by atoms with van der Waals surface area (Å²) in [5.41, 5.74) is 0.563. The zero-order chi connectivity index (χ0) is 16.2. The van der Waals surface area contributed by atoms with Crippen LogP contribution in [0.4, 0.5) is 20.3 Å². The first-order valence-corrected chi connectivity index (χ1v) is 7.06. The number of aromatic nitrogens is 2. The van der Waals surface area contributed by atoms with Crippen LogP contribution < -0.4 is 5.32 Å². The number of morpholine rings is 1. The molecule has 0 aliphatic carbocycles. The Bertz CT molecular complexity index is 703. The second-order valence-electron chi connectivity index (χ2n) is 4.96. The first-order chi connectivity index (χ1) is 11.1. The molecule has 3 rings (SSSR count). The van der Waals surface area contributed by atoms with E-state index in [9.17, 15) is 13.6 Å². The van der Waals surface area contributed by atoms with Crippen LogP contribution in [0, 0.1) is 11.6 Å². The molecule has 120 valence electrons. The average molecular weight is 320 g/mol. The Labute approximate surface area is 131 Å². The van der Waals surface area contributed by atoms with Crippen LogP contribution in [0.3, 0.4) is 0 Å². The van der Waals surface area contributed by atoms with Crippen molar-refractivity contribution in [2.45, 2.75) is 0 Å². The van der Waals surface area contributed by atoms with Crippen LogP contribution in [-0.2, 0) is 4.74 Å². The highest BCUT2D eigenvalue weighted by Gasteiger charge is 2.19. The molecule has 1 aromatic heterocycles. The molecule has 1 amide bonds. The summed E-state index contributed by atoms with van der Waals surface area (Å²) in [5, 5.41) is 10.6. The molecule has 0 bridgehead atoms. The third-order valence-electron chi connectivity index (χ3n) is 3.37. The molecule has 2 heterocycles. The Morgan fingerprint density at radius 2 is 1.87 bits per heavy atom. The molecule has 1 aliphatic heterocycles. The quantitative estimate of drug-likeness (QED) is 0.936. The third kappa shape index (κ3) is 3.59. The number of ether oxygens (including phenoxy) is 1. The van der Waals surface area contributed by atoms with E-state index in [1.807, 2.05) is 0 Å². The Morgan fingerprint density at radius 1 is 1.09 bits per heavy atom. The number of anilines is 2. The van der Waals surface area contributed by atoms with Crippen LogP contribution in [0.5, 0.6) is 0 Å². The lowest BCUT2D eigenvalue weighted by atomic mass is 10.3. The molecule has 1 aliphatic rings. The fraction of sp³-hybridized carbons (Fsp3) is 0.267. The van der Waals surface area contributed by atoms with Crippen molar-refractivity contribution in [3.63, 3.8) is 0 Å². The molecule has 0 radical (unpaired) electrons. The van der Waals surface area contributed by atoms with E-state index >= 15 is 0 Å². The van der Waals surface area contributed by atoms with Crippen molar-refractivity contribution in [2.24, 2.45) is 0 Å². The molecule has 6 nitrogen and oxygen atoms in total. The van der Waals surface area contributed by atoms with Crippen LogP contribution in [0.25, 0.3) is 0 Å². The monoisotopic (exact) mass is 320 g/mol. The van der Waals surface area contributed by atoms with Gasteiger partial charge in [-0.1, -0.05) is 0 Å². The van der Waals surface area contributed by atoms with Crippen molar-refractivity contribution in [1.82, 2.24) is 15.1 Å². The van der Waals surface area contributed by atoms with E-state index in [4.69, 9.17) is 4.74 Å². The van der Waals surface area contributed by atoms with Crippen LogP contribution in [-0.4, -0.2) is 47.3 Å². The summed E-state index contributed by atoms with van der Waals surface area (Å²) in [4.78, 5) is 13.9. The standard InChI is InChI=1S/C15H14F2N4O2/c16-11-2-1-10(9-12(11)17)18-14-4-3-13(19-20-14)15(22)21-5-7-23-8-6-21/h1-4,9H,5-8H2,(H,18,20). The van der Waals surface area contributed by atoms with Gasteiger partial charge in [-0.15, -0.1) is 10.2 Å². The van der Waals surface area contributed by atoms with Gasteiger partial charge in [0.15, 0.2) is 23.1 Å². The zero-order valence-electron chi connectivity index (χ0n) is 12.1. The van der Waals surface area contributed by atoms with Crippen LogP contribution in [0.15, 0.2) is 30.3 Å². The van der Waals surface area contributed by atoms with Gasteiger partial charge in [-0.25, -0.2) is 8.78 Å². The van der Waals surface area contributed by atoms with E-state index in [0.29, 0.717) is 37.8 Å². The van der Waals surface area contributed by atoms with Crippen molar-refractivity contribution in [3.8, 4) is 0 Å². The number of nitrogens with one attached hydrogen (secondary N) is 1. The van der Waals surface area contributed by atoms with E-state index in [2.05, 4.69) is 15.5 Å².